The molecule has 0 fully saturated rings. The first-order valence-corrected chi connectivity index (χ1v) is 7.92. The van der Waals surface area contributed by atoms with Gasteiger partial charge in [0.1, 0.15) is 6.33 Å². The number of aliphatic hydroxyl groups is 1. The van der Waals surface area contributed by atoms with Crippen molar-refractivity contribution in [1.82, 2.24) is 29.0 Å². The molecule has 3 heterocycles. The average molecular weight is 314 g/mol. The van der Waals surface area contributed by atoms with Crippen LogP contribution in [0.3, 0.4) is 0 Å². The molecule has 0 aliphatic rings. The van der Waals surface area contributed by atoms with E-state index in [1.165, 1.54) is 6.33 Å². The molecule has 1 N–H and O–H groups in total. The van der Waals surface area contributed by atoms with Crippen molar-refractivity contribution in [3.8, 4) is 5.82 Å². The Kier molecular flexibility index (Phi) is 4.68. The van der Waals surface area contributed by atoms with Crippen LogP contribution in [0.1, 0.15) is 13.8 Å². The number of imidazole rings is 1. The second kappa shape index (κ2) is 6.89. The fraction of sp³-hybridized carbons (Fsp3) is 0.438. The highest BCUT2D eigenvalue weighted by Gasteiger charge is 2.15. The first kappa shape index (κ1) is 15.6. The van der Waals surface area contributed by atoms with Gasteiger partial charge in [0.25, 0.3) is 0 Å². The first-order valence-electron chi connectivity index (χ1n) is 7.92. The van der Waals surface area contributed by atoms with Gasteiger partial charge in [0.05, 0.1) is 19.0 Å². The molecule has 0 saturated heterocycles. The van der Waals surface area contributed by atoms with Crippen LogP contribution in [-0.2, 0) is 6.54 Å². The van der Waals surface area contributed by atoms with Gasteiger partial charge in [-0.1, -0.05) is 13.8 Å². The summed E-state index contributed by atoms with van der Waals surface area (Å²) in [6.07, 6.45) is 6.65. The summed E-state index contributed by atoms with van der Waals surface area (Å²) in [6, 6.07) is 3.89. The maximum Gasteiger partial charge on any atom is 0.168 e. The molecule has 0 spiro atoms. The Morgan fingerprint density at radius 2 is 1.87 bits per heavy atom. The predicted molar refractivity (Wildman–Crippen MR) is 88.4 cm³/mol. The Bertz CT molecular complexity index is 747. The summed E-state index contributed by atoms with van der Waals surface area (Å²) in [6.45, 7) is 7.16. The van der Waals surface area contributed by atoms with E-state index in [1.807, 2.05) is 33.7 Å². The lowest BCUT2D eigenvalue weighted by Crippen LogP contribution is -2.34. The summed E-state index contributed by atoms with van der Waals surface area (Å²) in [4.78, 5) is 15.3. The normalized spacial score (nSPS) is 13.0. The Morgan fingerprint density at radius 1 is 1.13 bits per heavy atom. The van der Waals surface area contributed by atoms with Crippen LogP contribution in [0.15, 0.2) is 37.2 Å². The molecule has 7 heteroatoms. The fourth-order valence-corrected chi connectivity index (χ4v) is 2.73. The summed E-state index contributed by atoms with van der Waals surface area (Å²) >= 11 is 0. The minimum absolute atomic E-state index is 0.461. The van der Waals surface area contributed by atoms with E-state index < -0.39 is 6.10 Å². The van der Waals surface area contributed by atoms with E-state index in [9.17, 15) is 5.11 Å². The molecule has 0 aliphatic carbocycles. The lowest BCUT2D eigenvalue weighted by Gasteiger charge is -2.22. The summed E-state index contributed by atoms with van der Waals surface area (Å²) in [5.74, 6) is 0.747. The molecule has 3 aromatic rings. The topological polar surface area (TPSA) is 72.0 Å². The molecular weight excluding hydrogens is 292 g/mol. The van der Waals surface area contributed by atoms with Gasteiger partial charge in [-0.3, -0.25) is 0 Å². The molecule has 0 amide bonds. The van der Waals surface area contributed by atoms with Crippen LogP contribution in [0.25, 0.3) is 17.0 Å². The largest absolute Gasteiger partial charge is 0.390 e. The van der Waals surface area contributed by atoms with Crippen molar-refractivity contribution in [2.45, 2.75) is 26.5 Å². The number of hydrogen-bond acceptors (Lipinski definition) is 5. The zero-order valence-corrected chi connectivity index (χ0v) is 13.5. The molecule has 122 valence electrons. The minimum Gasteiger partial charge on any atom is -0.390 e. The molecule has 0 aliphatic heterocycles. The third-order valence-electron chi connectivity index (χ3n) is 4.00. The summed E-state index contributed by atoms with van der Waals surface area (Å²) in [7, 11) is 0. The number of aliphatic hydroxyl groups excluding tert-OH is 1. The van der Waals surface area contributed by atoms with Crippen LogP contribution < -0.4 is 0 Å². The Morgan fingerprint density at radius 3 is 2.57 bits per heavy atom. The molecule has 0 saturated carbocycles. The van der Waals surface area contributed by atoms with Crippen molar-refractivity contribution in [2.24, 2.45) is 0 Å². The van der Waals surface area contributed by atoms with Gasteiger partial charge in [-0.25, -0.2) is 15.0 Å². The number of nitrogens with zero attached hydrogens (tertiary/aromatic N) is 6. The molecule has 7 nitrogen and oxygen atoms in total. The summed E-state index contributed by atoms with van der Waals surface area (Å²) < 4.78 is 3.80. The monoisotopic (exact) mass is 314 g/mol. The van der Waals surface area contributed by atoms with E-state index in [1.54, 1.807) is 6.33 Å². The molecule has 23 heavy (non-hydrogen) atoms. The van der Waals surface area contributed by atoms with E-state index in [4.69, 9.17) is 0 Å². The summed E-state index contributed by atoms with van der Waals surface area (Å²) in [5, 5.41) is 10.3. The third kappa shape index (κ3) is 3.25. The fourth-order valence-electron chi connectivity index (χ4n) is 2.73. The Hall–Kier alpha value is -2.25. The van der Waals surface area contributed by atoms with Crippen molar-refractivity contribution < 1.29 is 5.11 Å². The van der Waals surface area contributed by atoms with Gasteiger partial charge >= 0.3 is 0 Å². The van der Waals surface area contributed by atoms with Gasteiger partial charge in [-0.2, -0.15) is 0 Å². The third-order valence-corrected chi connectivity index (χ3v) is 4.00. The number of likely N-dealkylation sites (N-methyl/N-ethyl adjacent to an activating group) is 1. The first-order chi connectivity index (χ1) is 11.2. The van der Waals surface area contributed by atoms with Crippen LogP contribution in [0.5, 0.6) is 0 Å². The lowest BCUT2D eigenvalue weighted by atomic mass is 10.3. The van der Waals surface area contributed by atoms with E-state index in [0.29, 0.717) is 13.1 Å². The SMILES string of the molecule is CCN(CC)CC(O)Cn1cnc2c(-n3cccc3)ncnc21. The molecule has 3 aromatic heterocycles. The number of hydrogen-bond donors (Lipinski definition) is 1. The van der Waals surface area contributed by atoms with Crippen molar-refractivity contribution >= 4 is 11.2 Å². The molecule has 0 bridgehead atoms. The van der Waals surface area contributed by atoms with Crippen molar-refractivity contribution in [3.63, 3.8) is 0 Å². The second-order valence-corrected chi connectivity index (χ2v) is 5.50. The van der Waals surface area contributed by atoms with Gasteiger partial charge in [-0.05, 0) is 25.2 Å². The maximum absolute atomic E-state index is 10.3. The van der Waals surface area contributed by atoms with Gasteiger partial charge in [-0.15, -0.1) is 0 Å². The highest BCUT2D eigenvalue weighted by molar-refractivity contribution is 5.78. The van der Waals surface area contributed by atoms with Gasteiger partial charge < -0.3 is 19.1 Å². The quantitative estimate of drug-likeness (QED) is 0.712. The lowest BCUT2D eigenvalue weighted by molar-refractivity contribution is 0.104. The Labute approximate surface area is 135 Å². The zero-order valence-electron chi connectivity index (χ0n) is 13.5. The molecule has 3 rings (SSSR count). The molecule has 1 unspecified atom stereocenters. The van der Waals surface area contributed by atoms with Crippen LogP contribution >= 0.6 is 0 Å². The van der Waals surface area contributed by atoms with Crippen LogP contribution in [-0.4, -0.2) is 59.8 Å². The van der Waals surface area contributed by atoms with Crippen molar-refractivity contribution in [2.75, 3.05) is 19.6 Å². The molecular formula is C16H22N6O. The van der Waals surface area contributed by atoms with Crippen molar-refractivity contribution in [1.29, 1.82) is 0 Å². The van der Waals surface area contributed by atoms with Gasteiger partial charge in [0, 0.05) is 18.9 Å². The average Bonchev–Trinajstić information content (AvgIpc) is 3.22. The molecule has 0 radical (unpaired) electrons. The van der Waals surface area contributed by atoms with E-state index in [-0.39, 0.29) is 0 Å². The highest BCUT2D eigenvalue weighted by atomic mass is 16.3. The van der Waals surface area contributed by atoms with Crippen LogP contribution in [0.4, 0.5) is 0 Å². The van der Waals surface area contributed by atoms with E-state index in [0.717, 1.165) is 30.1 Å². The van der Waals surface area contributed by atoms with Crippen LogP contribution in [0, 0.1) is 0 Å². The minimum atomic E-state index is -0.461. The van der Waals surface area contributed by atoms with Gasteiger partial charge in [0.15, 0.2) is 17.0 Å². The van der Waals surface area contributed by atoms with Crippen LogP contribution in [0.2, 0.25) is 0 Å². The smallest absolute Gasteiger partial charge is 0.168 e. The zero-order chi connectivity index (χ0) is 16.2. The highest BCUT2D eigenvalue weighted by Crippen LogP contribution is 2.17. The standard InChI is InChI=1S/C16H22N6O/c1-3-20(4-2)9-13(23)10-22-12-19-14-15(17-11-18-16(14)22)21-7-5-6-8-21/h5-8,11-13,23H,3-4,9-10H2,1-2H3. The predicted octanol–water partition coefficient (Wildman–Crippen LogP) is 1.32. The summed E-state index contributed by atoms with van der Waals surface area (Å²) in [5.41, 5.74) is 1.47. The Balaban J connectivity index is 1.84. The second-order valence-electron chi connectivity index (χ2n) is 5.50. The van der Waals surface area contributed by atoms with E-state index >= 15 is 0 Å². The number of aromatic nitrogens is 5. The number of rotatable bonds is 7. The van der Waals surface area contributed by atoms with Crippen molar-refractivity contribution in [3.05, 3.63) is 37.2 Å². The van der Waals surface area contributed by atoms with E-state index in [2.05, 4.69) is 33.7 Å². The maximum atomic E-state index is 10.3. The van der Waals surface area contributed by atoms with Gasteiger partial charge in [0.2, 0.25) is 0 Å². The number of fused-ring (bicyclic) bond motifs is 1. The molecule has 0 aromatic carbocycles. The molecule has 1 atom stereocenters.